The van der Waals surface area contributed by atoms with Crippen LogP contribution in [0.2, 0.25) is 0 Å². The van der Waals surface area contributed by atoms with E-state index in [2.05, 4.69) is 34.5 Å². The number of rotatable bonds is 6. The highest BCUT2D eigenvalue weighted by Crippen LogP contribution is 2.20. The summed E-state index contributed by atoms with van der Waals surface area (Å²) in [6, 6.07) is 4.61. The maximum absolute atomic E-state index is 4.60. The predicted octanol–water partition coefficient (Wildman–Crippen LogP) is 1.96. The summed E-state index contributed by atoms with van der Waals surface area (Å²) in [6.07, 6.45) is 6.60. The molecule has 2 aromatic heterocycles. The van der Waals surface area contributed by atoms with Gasteiger partial charge in [0, 0.05) is 17.9 Å². The number of aryl methyl sites for hydroxylation is 1. The number of hydrogen-bond acceptors (Lipinski definition) is 4. The Morgan fingerprint density at radius 2 is 2.20 bits per heavy atom. The Hall–Kier alpha value is -1.75. The van der Waals surface area contributed by atoms with Crippen LogP contribution in [0, 0.1) is 13.8 Å². The van der Waals surface area contributed by atoms with E-state index in [4.69, 9.17) is 0 Å². The molecule has 5 heteroatoms. The Morgan fingerprint density at radius 3 is 2.90 bits per heavy atom. The second-order valence-electron chi connectivity index (χ2n) is 5.47. The summed E-state index contributed by atoms with van der Waals surface area (Å²) >= 11 is 0. The van der Waals surface area contributed by atoms with Gasteiger partial charge >= 0.3 is 0 Å². The maximum atomic E-state index is 4.60. The van der Waals surface area contributed by atoms with Crippen LogP contribution < -0.4 is 5.32 Å². The van der Waals surface area contributed by atoms with Crippen LogP contribution in [0.1, 0.15) is 36.2 Å². The van der Waals surface area contributed by atoms with Gasteiger partial charge in [-0.3, -0.25) is 0 Å². The van der Waals surface area contributed by atoms with Crippen LogP contribution in [0.5, 0.6) is 0 Å². The monoisotopic (exact) mass is 271 g/mol. The molecule has 2 heterocycles. The van der Waals surface area contributed by atoms with Crippen LogP contribution in [-0.4, -0.2) is 32.6 Å². The molecule has 1 fully saturated rings. The van der Waals surface area contributed by atoms with Crippen molar-refractivity contribution < 1.29 is 0 Å². The van der Waals surface area contributed by atoms with Gasteiger partial charge in [0.2, 0.25) is 0 Å². The third-order valence-electron chi connectivity index (χ3n) is 3.83. The molecule has 0 aromatic carbocycles. The zero-order valence-electron chi connectivity index (χ0n) is 12.1. The highest BCUT2D eigenvalue weighted by Gasteiger charge is 2.20. The molecule has 1 saturated carbocycles. The van der Waals surface area contributed by atoms with Crippen molar-refractivity contribution in [3.63, 3.8) is 0 Å². The summed E-state index contributed by atoms with van der Waals surface area (Å²) in [5.74, 6) is 0.787. The number of hydrogen-bond donors (Lipinski definition) is 1. The van der Waals surface area contributed by atoms with E-state index in [0.29, 0.717) is 0 Å². The summed E-state index contributed by atoms with van der Waals surface area (Å²) in [7, 11) is 0. The van der Waals surface area contributed by atoms with Gasteiger partial charge in [-0.15, -0.1) is 5.10 Å². The molecule has 0 bridgehead atoms. The Morgan fingerprint density at radius 1 is 1.35 bits per heavy atom. The van der Waals surface area contributed by atoms with Crippen LogP contribution in [0.4, 0.5) is 0 Å². The fourth-order valence-electron chi connectivity index (χ4n) is 2.53. The van der Waals surface area contributed by atoms with E-state index in [1.54, 1.807) is 6.20 Å². The van der Waals surface area contributed by atoms with Crippen molar-refractivity contribution in [2.45, 2.75) is 45.6 Å². The summed E-state index contributed by atoms with van der Waals surface area (Å²) in [5.41, 5.74) is 3.61. The second-order valence-corrected chi connectivity index (χ2v) is 5.47. The molecule has 0 atom stereocenters. The highest BCUT2D eigenvalue weighted by atomic mass is 15.3. The minimum Gasteiger partial charge on any atom is -0.314 e. The van der Waals surface area contributed by atoms with E-state index in [0.717, 1.165) is 36.9 Å². The van der Waals surface area contributed by atoms with Crippen molar-refractivity contribution in [1.82, 2.24) is 25.3 Å². The predicted molar refractivity (Wildman–Crippen MR) is 78.0 cm³/mol. The molecular formula is C15H21N5. The normalized spacial score (nSPS) is 14.7. The fraction of sp³-hybridized carbons (Fsp3) is 0.533. The van der Waals surface area contributed by atoms with Crippen molar-refractivity contribution in [2.75, 3.05) is 6.54 Å². The van der Waals surface area contributed by atoms with Gasteiger partial charge in [0.25, 0.3) is 0 Å². The Balaban J connectivity index is 1.69. The largest absolute Gasteiger partial charge is 0.314 e. The lowest BCUT2D eigenvalue weighted by Gasteiger charge is -2.05. The molecule has 0 radical (unpaired) electrons. The smallest absolute Gasteiger partial charge is 0.175 e. The molecule has 0 aliphatic heterocycles. The van der Waals surface area contributed by atoms with E-state index in [-0.39, 0.29) is 0 Å². The Bertz CT molecular complexity index is 571. The zero-order chi connectivity index (χ0) is 13.9. The number of nitrogens with one attached hydrogen (secondary N) is 1. The molecule has 5 nitrogen and oxygen atoms in total. The second kappa shape index (κ2) is 5.71. The number of nitrogens with zero attached hydrogens (tertiary/aromatic N) is 4. The summed E-state index contributed by atoms with van der Waals surface area (Å²) in [4.78, 5) is 0. The minimum atomic E-state index is 0.787. The van der Waals surface area contributed by atoms with E-state index in [1.807, 2.05) is 16.8 Å². The SMILES string of the molecule is Cc1nn(-c2cccnn2)c(C)c1CCCNC1CC1. The molecule has 20 heavy (non-hydrogen) atoms. The van der Waals surface area contributed by atoms with Gasteiger partial charge in [0.15, 0.2) is 5.82 Å². The first-order chi connectivity index (χ1) is 9.75. The molecule has 106 valence electrons. The lowest BCUT2D eigenvalue weighted by atomic mass is 10.1. The van der Waals surface area contributed by atoms with Crippen molar-refractivity contribution in [3.8, 4) is 5.82 Å². The standard InChI is InChI=1S/C15H21N5/c1-11-14(5-3-9-16-13-7-8-13)12(2)20(19-11)15-6-4-10-17-18-15/h4,6,10,13,16H,3,5,7-9H2,1-2H3. The molecule has 0 amide bonds. The molecule has 1 aliphatic rings. The van der Waals surface area contributed by atoms with E-state index < -0.39 is 0 Å². The first-order valence-corrected chi connectivity index (χ1v) is 7.32. The van der Waals surface area contributed by atoms with Crippen LogP contribution in [0.25, 0.3) is 5.82 Å². The Kier molecular flexibility index (Phi) is 3.78. The molecule has 0 spiro atoms. The van der Waals surface area contributed by atoms with Crippen LogP contribution >= 0.6 is 0 Å². The molecule has 1 aliphatic carbocycles. The first kappa shape index (κ1) is 13.2. The molecule has 2 aromatic rings. The van der Waals surface area contributed by atoms with Crippen molar-refractivity contribution in [2.24, 2.45) is 0 Å². The van der Waals surface area contributed by atoms with Crippen LogP contribution in [-0.2, 0) is 6.42 Å². The highest BCUT2D eigenvalue weighted by molar-refractivity contribution is 5.31. The molecule has 1 N–H and O–H groups in total. The maximum Gasteiger partial charge on any atom is 0.175 e. The summed E-state index contributed by atoms with van der Waals surface area (Å²) in [5, 5.41) is 16.2. The summed E-state index contributed by atoms with van der Waals surface area (Å²) in [6.45, 7) is 5.28. The molecule has 0 saturated heterocycles. The first-order valence-electron chi connectivity index (χ1n) is 7.32. The molecule has 0 unspecified atom stereocenters. The minimum absolute atomic E-state index is 0.787. The van der Waals surface area contributed by atoms with Gasteiger partial charge in [0.1, 0.15) is 0 Å². The topological polar surface area (TPSA) is 55.6 Å². The van der Waals surface area contributed by atoms with Crippen LogP contribution in [0.3, 0.4) is 0 Å². The summed E-state index contributed by atoms with van der Waals surface area (Å²) < 4.78 is 1.89. The Labute approximate surface area is 119 Å². The van der Waals surface area contributed by atoms with Crippen LogP contribution in [0.15, 0.2) is 18.3 Å². The third-order valence-corrected chi connectivity index (χ3v) is 3.83. The average Bonchev–Trinajstić information content (AvgIpc) is 3.24. The third kappa shape index (κ3) is 2.88. The quantitative estimate of drug-likeness (QED) is 0.816. The van der Waals surface area contributed by atoms with Gasteiger partial charge < -0.3 is 5.32 Å². The molecule has 3 rings (SSSR count). The average molecular weight is 271 g/mol. The van der Waals surface area contributed by atoms with Crippen molar-refractivity contribution >= 4 is 0 Å². The lowest BCUT2D eigenvalue weighted by molar-refractivity contribution is 0.644. The van der Waals surface area contributed by atoms with Crippen molar-refractivity contribution in [1.29, 1.82) is 0 Å². The van der Waals surface area contributed by atoms with Gasteiger partial charge in [-0.2, -0.15) is 10.2 Å². The fourth-order valence-corrected chi connectivity index (χ4v) is 2.53. The van der Waals surface area contributed by atoms with E-state index in [9.17, 15) is 0 Å². The van der Waals surface area contributed by atoms with Gasteiger partial charge in [-0.1, -0.05) is 0 Å². The molecular weight excluding hydrogens is 250 g/mol. The van der Waals surface area contributed by atoms with Gasteiger partial charge in [-0.05, 0) is 63.8 Å². The number of aromatic nitrogens is 4. The van der Waals surface area contributed by atoms with Gasteiger partial charge in [-0.25, -0.2) is 4.68 Å². The van der Waals surface area contributed by atoms with E-state index >= 15 is 0 Å². The zero-order valence-corrected chi connectivity index (χ0v) is 12.1. The lowest BCUT2D eigenvalue weighted by Crippen LogP contribution is -2.18. The van der Waals surface area contributed by atoms with E-state index in [1.165, 1.54) is 24.1 Å². The van der Waals surface area contributed by atoms with Gasteiger partial charge in [0.05, 0.1) is 5.69 Å². The van der Waals surface area contributed by atoms with Crippen molar-refractivity contribution in [3.05, 3.63) is 35.3 Å².